The van der Waals surface area contributed by atoms with E-state index in [0.29, 0.717) is 0 Å². The first kappa shape index (κ1) is 14.4. The Kier molecular flexibility index (Phi) is 5.54. The van der Waals surface area contributed by atoms with Gasteiger partial charge in [0.2, 0.25) is 5.91 Å². The van der Waals surface area contributed by atoms with Crippen molar-refractivity contribution in [2.75, 3.05) is 18.4 Å². The van der Waals surface area contributed by atoms with Crippen LogP contribution in [-0.2, 0) is 4.79 Å². The molecule has 0 unspecified atom stereocenters. The fourth-order valence-electron chi connectivity index (χ4n) is 1.33. The minimum atomic E-state index is -0.582. The van der Waals surface area contributed by atoms with Gasteiger partial charge in [0.25, 0.3) is 5.69 Å². The normalized spacial score (nSPS) is 10.1. The van der Waals surface area contributed by atoms with Crippen LogP contribution in [0.15, 0.2) is 18.2 Å². The second-order valence-corrected chi connectivity index (χ2v) is 4.08. The number of benzene rings is 1. The average molecular weight is 272 g/mol. The molecule has 0 heterocycles. The van der Waals surface area contributed by atoms with Crippen LogP contribution in [0.5, 0.6) is 0 Å². The van der Waals surface area contributed by atoms with Gasteiger partial charge < -0.3 is 10.6 Å². The third kappa shape index (κ3) is 4.31. The summed E-state index contributed by atoms with van der Waals surface area (Å²) in [6, 6.07) is 4.11. The van der Waals surface area contributed by atoms with Crippen molar-refractivity contribution in [2.45, 2.75) is 13.3 Å². The monoisotopic (exact) mass is 271 g/mol. The number of hydrogen-bond acceptors (Lipinski definition) is 4. The molecule has 18 heavy (non-hydrogen) atoms. The minimum absolute atomic E-state index is 0.119. The molecule has 98 valence electrons. The van der Waals surface area contributed by atoms with Crippen molar-refractivity contribution in [3.8, 4) is 0 Å². The highest BCUT2D eigenvalue weighted by molar-refractivity contribution is 6.31. The highest BCUT2D eigenvalue weighted by Gasteiger charge is 2.16. The van der Waals surface area contributed by atoms with Crippen molar-refractivity contribution >= 4 is 28.9 Å². The fraction of sp³-hybridized carbons (Fsp3) is 0.364. The molecule has 0 radical (unpaired) electrons. The third-order valence-electron chi connectivity index (χ3n) is 2.14. The SMILES string of the molecule is CCCNCC(=O)Nc1ccc(Cl)cc1[N+](=O)[O-]. The number of nitro benzene ring substituents is 1. The number of nitro groups is 1. The van der Waals surface area contributed by atoms with Crippen LogP contribution in [0.1, 0.15) is 13.3 Å². The third-order valence-corrected chi connectivity index (χ3v) is 2.38. The molecule has 0 aliphatic heterocycles. The van der Waals surface area contributed by atoms with Gasteiger partial charge >= 0.3 is 0 Å². The fourth-order valence-corrected chi connectivity index (χ4v) is 1.50. The molecule has 1 rings (SSSR count). The van der Waals surface area contributed by atoms with Crippen LogP contribution in [-0.4, -0.2) is 23.9 Å². The van der Waals surface area contributed by atoms with E-state index in [1.165, 1.54) is 18.2 Å². The summed E-state index contributed by atoms with van der Waals surface area (Å²) >= 11 is 5.67. The van der Waals surface area contributed by atoms with Gasteiger partial charge in [-0.05, 0) is 25.1 Å². The first-order valence-electron chi connectivity index (χ1n) is 5.49. The number of rotatable bonds is 6. The van der Waals surface area contributed by atoms with E-state index < -0.39 is 4.92 Å². The van der Waals surface area contributed by atoms with Gasteiger partial charge in [0.05, 0.1) is 11.5 Å². The first-order valence-corrected chi connectivity index (χ1v) is 5.87. The quantitative estimate of drug-likeness (QED) is 0.472. The van der Waals surface area contributed by atoms with Crippen molar-refractivity contribution in [1.82, 2.24) is 5.32 Å². The van der Waals surface area contributed by atoms with E-state index in [1.807, 2.05) is 6.92 Å². The number of nitrogens with zero attached hydrogens (tertiary/aromatic N) is 1. The molecule has 0 aromatic heterocycles. The number of carbonyl (C=O) groups excluding carboxylic acids is 1. The largest absolute Gasteiger partial charge is 0.319 e. The molecule has 1 aromatic carbocycles. The van der Waals surface area contributed by atoms with Crippen LogP contribution in [0.4, 0.5) is 11.4 Å². The summed E-state index contributed by atoms with van der Waals surface area (Å²) in [4.78, 5) is 21.7. The van der Waals surface area contributed by atoms with Crippen LogP contribution in [0.3, 0.4) is 0 Å². The summed E-state index contributed by atoms with van der Waals surface area (Å²) in [5.41, 5.74) is -0.0703. The molecule has 1 amide bonds. The van der Waals surface area contributed by atoms with E-state index in [0.717, 1.165) is 13.0 Å². The molecule has 0 aliphatic carbocycles. The minimum Gasteiger partial charge on any atom is -0.319 e. The lowest BCUT2D eigenvalue weighted by atomic mass is 10.2. The number of carbonyl (C=O) groups is 1. The van der Waals surface area contributed by atoms with Crippen LogP contribution >= 0.6 is 11.6 Å². The van der Waals surface area contributed by atoms with E-state index in [2.05, 4.69) is 10.6 Å². The second-order valence-electron chi connectivity index (χ2n) is 3.64. The number of anilines is 1. The number of halogens is 1. The van der Waals surface area contributed by atoms with Gasteiger partial charge in [0.1, 0.15) is 5.69 Å². The lowest BCUT2D eigenvalue weighted by molar-refractivity contribution is -0.383. The predicted octanol–water partition coefficient (Wildman–Crippen LogP) is 2.19. The summed E-state index contributed by atoms with van der Waals surface area (Å²) < 4.78 is 0. The Bertz CT molecular complexity index is 451. The molecule has 2 N–H and O–H groups in total. The van der Waals surface area contributed by atoms with Crippen LogP contribution in [0, 0.1) is 10.1 Å². The molecule has 0 atom stereocenters. The van der Waals surface area contributed by atoms with Crippen molar-refractivity contribution in [3.05, 3.63) is 33.3 Å². The van der Waals surface area contributed by atoms with Crippen LogP contribution < -0.4 is 10.6 Å². The highest BCUT2D eigenvalue weighted by atomic mass is 35.5. The zero-order valence-electron chi connectivity index (χ0n) is 9.90. The molecule has 0 saturated heterocycles. The summed E-state index contributed by atoms with van der Waals surface area (Å²) in [6.07, 6.45) is 0.911. The summed E-state index contributed by atoms with van der Waals surface area (Å²) in [5, 5.41) is 16.4. The molecule has 0 saturated carbocycles. The predicted molar refractivity (Wildman–Crippen MR) is 69.9 cm³/mol. The molecular weight excluding hydrogens is 258 g/mol. The van der Waals surface area contributed by atoms with E-state index in [-0.39, 0.29) is 28.8 Å². The Hall–Kier alpha value is -1.66. The maximum atomic E-state index is 11.5. The number of nitrogens with one attached hydrogen (secondary N) is 2. The van der Waals surface area contributed by atoms with Crippen LogP contribution in [0.25, 0.3) is 0 Å². The van der Waals surface area contributed by atoms with Gasteiger partial charge in [-0.25, -0.2) is 0 Å². The van der Waals surface area contributed by atoms with Gasteiger partial charge in [0.15, 0.2) is 0 Å². The molecule has 7 heteroatoms. The zero-order chi connectivity index (χ0) is 13.5. The van der Waals surface area contributed by atoms with E-state index >= 15 is 0 Å². The number of hydrogen-bond donors (Lipinski definition) is 2. The molecule has 0 spiro atoms. The molecule has 6 nitrogen and oxygen atoms in total. The number of amides is 1. The van der Waals surface area contributed by atoms with Crippen molar-refractivity contribution in [2.24, 2.45) is 0 Å². The van der Waals surface area contributed by atoms with Crippen LogP contribution in [0.2, 0.25) is 5.02 Å². The van der Waals surface area contributed by atoms with Gasteiger partial charge in [-0.15, -0.1) is 0 Å². The van der Waals surface area contributed by atoms with Gasteiger partial charge in [-0.3, -0.25) is 14.9 Å². The van der Waals surface area contributed by atoms with Gasteiger partial charge in [-0.2, -0.15) is 0 Å². The Labute approximate surface area is 109 Å². The average Bonchev–Trinajstić information content (AvgIpc) is 2.31. The van der Waals surface area contributed by atoms with Crippen molar-refractivity contribution < 1.29 is 9.72 Å². The van der Waals surface area contributed by atoms with Gasteiger partial charge in [0, 0.05) is 11.1 Å². The molecule has 0 bridgehead atoms. The summed E-state index contributed by atoms with van der Waals surface area (Å²) in [6.45, 7) is 2.82. The Morgan fingerprint density at radius 1 is 1.50 bits per heavy atom. The molecule has 0 aliphatic rings. The van der Waals surface area contributed by atoms with E-state index in [4.69, 9.17) is 11.6 Å². The molecule has 1 aromatic rings. The van der Waals surface area contributed by atoms with E-state index in [1.54, 1.807) is 0 Å². The first-order chi connectivity index (χ1) is 8.54. The summed E-state index contributed by atoms with van der Waals surface area (Å²) in [5.74, 6) is -0.325. The smallest absolute Gasteiger partial charge is 0.294 e. The van der Waals surface area contributed by atoms with Crippen molar-refractivity contribution in [3.63, 3.8) is 0 Å². The summed E-state index contributed by atoms with van der Waals surface area (Å²) in [7, 11) is 0. The Balaban J connectivity index is 2.72. The molecular formula is C11H14ClN3O3. The van der Waals surface area contributed by atoms with Crippen molar-refractivity contribution in [1.29, 1.82) is 0 Å². The maximum Gasteiger partial charge on any atom is 0.294 e. The Morgan fingerprint density at radius 2 is 2.22 bits per heavy atom. The lowest BCUT2D eigenvalue weighted by Crippen LogP contribution is -2.28. The van der Waals surface area contributed by atoms with E-state index in [9.17, 15) is 14.9 Å². The highest BCUT2D eigenvalue weighted by Crippen LogP contribution is 2.27. The second kappa shape index (κ2) is 6.93. The zero-order valence-corrected chi connectivity index (χ0v) is 10.7. The van der Waals surface area contributed by atoms with Gasteiger partial charge in [-0.1, -0.05) is 18.5 Å². The maximum absolute atomic E-state index is 11.5. The topological polar surface area (TPSA) is 84.3 Å². The standard InChI is InChI=1S/C11H14ClN3O3/c1-2-5-13-7-11(16)14-9-4-3-8(12)6-10(9)15(17)18/h3-4,6,13H,2,5,7H2,1H3,(H,14,16). The Morgan fingerprint density at radius 3 is 2.83 bits per heavy atom. The molecule has 0 fully saturated rings. The lowest BCUT2D eigenvalue weighted by Gasteiger charge is -2.06.